The van der Waals surface area contributed by atoms with Crippen molar-refractivity contribution in [3.63, 3.8) is 0 Å². The lowest BCUT2D eigenvalue weighted by Gasteiger charge is -2.19. The number of rotatable bonds is 2. The van der Waals surface area contributed by atoms with Gasteiger partial charge in [-0.3, -0.25) is 0 Å². The second-order valence-corrected chi connectivity index (χ2v) is 8.05. The highest BCUT2D eigenvalue weighted by atomic mass is 32.2. The highest BCUT2D eigenvalue weighted by Crippen LogP contribution is 2.36. The molecule has 100 valence electrons. The first-order valence-corrected chi connectivity index (χ1v) is 8.57. The van der Waals surface area contributed by atoms with Crippen molar-refractivity contribution in [3.05, 3.63) is 34.9 Å². The van der Waals surface area contributed by atoms with Gasteiger partial charge in [0.15, 0.2) is 9.84 Å². The molecule has 1 aromatic carbocycles. The van der Waals surface area contributed by atoms with Gasteiger partial charge < -0.3 is 0 Å². The normalized spacial score (nSPS) is 27.9. The van der Waals surface area contributed by atoms with Gasteiger partial charge in [-0.2, -0.15) is 5.26 Å². The van der Waals surface area contributed by atoms with E-state index in [9.17, 15) is 13.7 Å². The Hall–Kier alpha value is -1.34. The van der Waals surface area contributed by atoms with Crippen LogP contribution < -0.4 is 0 Å². The van der Waals surface area contributed by atoms with E-state index in [4.69, 9.17) is 0 Å². The number of nitriles is 1. The lowest BCUT2D eigenvalue weighted by Crippen LogP contribution is -2.23. The van der Waals surface area contributed by atoms with Gasteiger partial charge in [0.1, 0.15) is 0 Å². The van der Waals surface area contributed by atoms with Gasteiger partial charge in [0.05, 0.1) is 23.0 Å². The fraction of sp³-hybridized carbons (Fsp3) is 0.533. The Labute approximate surface area is 114 Å². The van der Waals surface area contributed by atoms with E-state index in [1.165, 1.54) is 17.5 Å². The topological polar surface area (TPSA) is 57.9 Å². The molecule has 0 saturated carbocycles. The molecular formula is C15H17NO2S. The summed E-state index contributed by atoms with van der Waals surface area (Å²) in [4.78, 5) is 0. The molecule has 0 aromatic heterocycles. The van der Waals surface area contributed by atoms with Crippen molar-refractivity contribution < 1.29 is 8.42 Å². The summed E-state index contributed by atoms with van der Waals surface area (Å²) in [5, 5.41) is 9.39. The van der Waals surface area contributed by atoms with Crippen LogP contribution in [0.1, 0.15) is 29.5 Å². The molecule has 0 bridgehead atoms. The Kier molecular flexibility index (Phi) is 2.90. The number of sulfone groups is 1. The van der Waals surface area contributed by atoms with Crippen molar-refractivity contribution in [1.29, 1.82) is 5.26 Å². The minimum absolute atomic E-state index is 0.0214. The molecule has 3 rings (SSSR count). The molecule has 3 nitrogen and oxygen atoms in total. The van der Waals surface area contributed by atoms with Crippen LogP contribution in [0.5, 0.6) is 0 Å². The van der Waals surface area contributed by atoms with Crippen LogP contribution in [0.3, 0.4) is 0 Å². The first-order chi connectivity index (χ1) is 9.02. The predicted octanol–water partition coefficient (Wildman–Crippen LogP) is 2.05. The third-order valence-corrected chi connectivity index (χ3v) is 6.15. The van der Waals surface area contributed by atoms with Crippen LogP contribution in [0.2, 0.25) is 0 Å². The smallest absolute Gasteiger partial charge is 0.151 e. The van der Waals surface area contributed by atoms with Gasteiger partial charge in [-0.25, -0.2) is 8.42 Å². The molecule has 1 fully saturated rings. The molecule has 1 atom stereocenters. The van der Waals surface area contributed by atoms with E-state index < -0.39 is 15.3 Å². The number of aryl methyl sites for hydroxylation is 2. The Morgan fingerprint density at radius 1 is 1.26 bits per heavy atom. The first kappa shape index (κ1) is 12.7. The fourth-order valence-corrected chi connectivity index (χ4v) is 5.31. The maximum atomic E-state index is 11.6. The molecule has 1 aliphatic carbocycles. The maximum absolute atomic E-state index is 11.6. The lowest BCUT2D eigenvalue weighted by molar-refractivity contribution is 0.451. The van der Waals surface area contributed by atoms with Crippen molar-refractivity contribution in [1.82, 2.24) is 0 Å². The molecule has 19 heavy (non-hydrogen) atoms. The van der Waals surface area contributed by atoms with E-state index >= 15 is 0 Å². The molecule has 1 heterocycles. The summed E-state index contributed by atoms with van der Waals surface area (Å²) in [6.07, 6.45) is 4.50. The molecule has 0 radical (unpaired) electrons. The van der Waals surface area contributed by atoms with Crippen LogP contribution in [0, 0.1) is 16.7 Å². The molecular weight excluding hydrogens is 258 g/mol. The van der Waals surface area contributed by atoms with Crippen LogP contribution in [0.15, 0.2) is 18.2 Å². The highest BCUT2D eigenvalue weighted by molar-refractivity contribution is 7.91. The first-order valence-electron chi connectivity index (χ1n) is 6.74. The van der Waals surface area contributed by atoms with Crippen LogP contribution >= 0.6 is 0 Å². The molecule has 0 amide bonds. The molecule has 1 unspecified atom stereocenters. The number of hydrogen-bond acceptors (Lipinski definition) is 3. The quantitative estimate of drug-likeness (QED) is 0.830. The summed E-state index contributed by atoms with van der Waals surface area (Å²) in [7, 11) is -3.02. The van der Waals surface area contributed by atoms with E-state index in [1.807, 2.05) is 0 Å². The van der Waals surface area contributed by atoms with E-state index in [1.54, 1.807) is 0 Å². The van der Waals surface area contributed by atoms with Crippen LogP contribution in [0.25, 0.3) is 0 Å². The third kappa shape index (κ3) is 2.40. The van der Waals surface area contributed by atoms with Gasteiger partial charge in [0.25, 0.3) is 0 Å². The lowest BCUT2D eigenvalue weighted by atomic mass is 9.82. The van der Waals surface area contributed by atoms with Gasteiger partial charge in [-0.1, -0.05) is 18.2 Å². The van der Waals surface area contributed by atoms with E-state index in [2.05, 4.69) is 24.3 Å². The Morgan fingerprint density at radius 3 is 2.74 bits per heavy atom. The molecule has 1 aromatic rings. The highest BCUT2D eigenvalue weighted by Gasteiger charge is 2.42. The zero-order valence-corrected chi connectivity index (χ0v) is 11.7. The molecule has 0 spiro atoms. The summed E-state index contributed by atoms with van der Waals surface area (Å²) >= 11 is 0. The summed E-state index contributed by atoms with van der Waals surface area (Å²) in [5.74, 6) is 0.180. The van der Waals surface area contributed by atoms with E-state index in [-0.39, 0.29) is 11.5 Å². The zero-order valence-electron chi connectivity index (χ0n) is 10.9. The second kappa shape index (κ2) is 4.35. The van der Waals surface area contributed by atoms with Crippen LogP contribution in [0.4, 0.5) is 0 Å². The number of fused-ring (bicyclic) bond motifs is 1. The van der Waals surface area contributed by atoms with Gasteiger partial charge >= 0.3 is 0 Å². The summed E-state index contributed by atoms with van der Waals surface area (Å²) < 4.78 is 23.3. The zero-order chi connectivity index (χ0) is 13.5. The van der Waals surface area contributed by atoms with Gasteiger partial charge in [-0.15, -0.1) is 0 Å². The maximum Gasteiger partial charge on any atom is 0.151 e. The average molecular weight is 275 g/mol. The predicted molar refractivity (Wildman–Crippen MR) is 73.5 cm³/mol. The Morgan fingerprint density at radius 2 is 2.05 bits per heavy atom. The number of nitrogens with zero attached hydrogens (tertiary/aromatic N) is 1. The van der Waals surface area contributed by atoms with E-state index in [0.29, 0.717) is 12.8 Å². The summed E-state index contributed by atoms with van der Waals surface area (Å²) in [6.45, 7) is 0. The van der Waals surface area contributed by atoms with Gasteiger partial charge in [0.2, 0.25) is 0 Å². The fourth-order valence-electron chi connectivity index (χ4n) is 3.31. The molecule has 0 N–H and O–H groups in total. The Bertz CT molecular complexity index is 657. The van der Waals surface area contributed by atoms with Gasteiger partial charge in [0, 0.05) is 0 Å². The average Bonchev–Trinajstić information content (AvgIpc) is 2.94. The van der Waals surface area contributed by atoms with E-state index in [0.717, 1.165) is 18.4 Å². The van der Waals surface area contributed by atoms with Crippen molar-refractivity contribution in [2.24, 2.45) is 5.41 Å². The van der Waals surface area contributed by atoms with Crippen molar-refractivity contribution in [3.8, 4) is 6.07 Å². The van der Waals surface area contributed by atoms with Crippen molar-refractivity contribution in [2.75, 3.05) is 11.5 Å². The Balaban J connectivity index is 1.87. The molecule has 1 saturated heterocycles. The SMILES string of the molecule is N#CC1(Cc2ccc3c(c2)CCC3)CCS(=O)(=O)C1. The van der Waals surface area contributed by atoms with Crippen molar-refractivity contribution in [2.45, 2.75) is 32.1 Å². The third-order valence-electron chi connectivity index (χ3n) is 4.33. The van der Waals surface area contributed by atoms with Crippen LogP contribution in [-0.4, -0.2) is 19.9 Å². The van der Waals surface area contributed by atoms with Gasteiger partial charge in [-0.05, 0) is 48.8 Å². The minimum atomic E-state index is -3.02. The molecule has 4 heteroatoms. The summed E-state index contributed by atoms with van der Waals surface area (Å²) in [6, 6.07) is 8.65. The van der Waals surface area contributed by atoms with Crippen LogP contribution in [-0.2, 0) is 29.1 Å². The monoisotopic (exact) mass is 275 g/mol. The molecule has 2 aliphatic rings. The molecule has 1 aliphatic heterocycles. The minimum Gasteiger partial charge on any atom is -0.229 e. The van der Waals surface area contributed by atoms with Crippen molar-refractivity contribution >= 4 is 9.84 Å². The number of benzene rings is 1. The summed E-state index contributed by atoms with van der Waals surface area (Å²) in [5.41, 5.74) is 3.20. The largest absolute Gasteiger partial charge is 0.229 e. The second-order valence-electron chi connectivity index (χ2n) is 5.87. The number of hydrogen-bond donors (Lipinski definition) is 0. The standard InChI is InChI=1S/C15H17NO2S/c16-10-15(6-7-19(17,18)11-15)9-12-4-5-13-2-1-3-14(13)8-12/h4-5,8H,1-3,6-7,9,11H2.